The Morgan fingerprint density at radius 2 is 0.708 bits per heavy atom. The first-order valence-corrected chi connectivity index (χ1v) is 8.46. The van der Waals surface area contributed by atoms with E-state index in [9.17, 15) is 0 Å². The van der Waals surface area contributed by atoms with E-state index in [1.54, 1.807) is 0 Å². The van der Waals surface area contributed by atoms with E-state index in [4.69, 9.17) is 0 Å². The predicted octanol–water partition coefficient (Wildman–Crippen LogP) is 7.59. The molecule has 0 spiro atoms. The largest absolute Gasteiger partial charge is 0.0874 e. The lowest BCUT2D eigenvalue weighted by molar-refractivity contribution is 1.48. The highest BCUT2D eigenvalue weighted by molar-refractivity contribution is 5.31. The minimum Gasteiger partial charge on any atom is -0.0874 e. The van der Waals surface area contributed by atoms with Crippen molar-refractivity contribution in [1.29, 1.82) is 0 Å². The Kier molecular flexibility index (Phi) is 12.9. The van der Waals surface area contributed by atoms with Crippen LogP contribution in [0.5, 0.6) is 0 Å². The van der Waals surface area contributed by atoms with Gasteiger partial charge >= 0.3 is 0 Å². The summed E-state index contributed by atoms with van der Waals surface area (Å²) in [6.45, 7) is 12.5. The molecule has 0 heterocycles. The molecule has 0 aromatic rings. The van der Waals surface area contributed by atoms with Crippen LogP contribution >= 0.6 is 0 Å². The molecule has 0 saturated carbocycles. The van der Waals surface area contributed by atoms with Gasteiger partial charge in [-0.15, -0.1) is 0 Å². The normalized spacial score (nSPS) is 16.1. The van der Waals surface area contributed by atoms with E-state index in [1.807, 2.05) is 26.0 Å². The van der Waals surface area contributed by atoms with Crippen LogP contribution in [0.3, 0.4) is 0 Å². The molecule has 0 unspecified atom stereocenters. The fraction of sp³-hybridized carbons (Fsp3) is 0.250. The lowest BCUT2D eigenvalue weighted by atomic mass is 10.2. The van der Waals surface area contributed by atoms with Crippen LogP contribution in [0.1, 0.15) is 41.5 Å². The molecule has 128 valence electrons. The quantitative estimate of drug-likeness (QED) is 0.404. The minimum atomic E-state index is 1.22. The molecule has 0 aliphatic rings. The molecular formula is C24H32. The highest BCUT2D eigenvalue weighted by Gasteiger charge is 1.81. The second kappa shape index (κ2) is 14.3. The van der Waals surface area contributed by atoms with Gasteiger partial charge < -0.3 is 0 Å². The minimum absolute atomic E-state index is 1.22. The highest BCUT2D eigenvalue weighted by atomic mass is 13.9. The van der Waals surface area contributed by atoms with Crippen molar-refractivity contribution in [2.75, 3.05) is 0 Å². The van der Waals surface area contributed by atoms with Crippen molar-refractivity contribution in [1.82, 2.24) is 0 Å². The van der Waals surface area contributed by atoms with Crippen LogP contribution in [0.25, 0.3) is 0 Å². The molecule has 0 amide bonds. The van der Waals surface area contributed by atoms with Gasteiger partial charge in [-0.25, -0.2) is 0 Å². The van der Waals surface area contributed by atoms with Gasteiger partial charge in [0.2, 0.25) is 0 Å². The first-order chi connectivity index (χ1) is 11.5. The lowest BCUT2D eigenvalue weighted by Gasteiger charge is -1.90. The number of hydrogen-bond acceptors (Lipinski definition) is 0. The monoisotopic (exact) mass is 320 g/mol. The zero-order valence-corrected chi connectivity index (χ0v) is 16.1. The number of hydrogen-bond donors (Lipinski definition) is 0. The molecule has 0 bridgehead atoms. The summed E-state index contributed by atoms with van der Waals surface area (Å²) >= 11 is 0. The lowest BCUT2D eigenvalue weighted by Crippen LogP contribution is -1.69. The van der Waals surface area contributed by atoms with Crippen LogP contribution in [0.4, 0.5) is 0 Å². The molecule has 0 radical (unpaired) electrons. The summed E-state index contributed by atoms with van der Waals surface area (Å²) in [5, 5.41) is 0. The van der Waals surface area contributed by atoms with Crippen LogP contribution < -0.4 is 0 Å². The Hall–Kier alpha value is -2.34. The Labute approximate surface area is 149 Å². The highest BCUT2D eigenvalue weighted by Crippen LogP contribution is 2.02. The third-order valence-electron chi connectivity index (χ3n) is 3.12. The van der Waals surface area contributed by atoms with Crippen LogP contribution in [0.15, 0.2) is 107 Å². The van der Waals surface area contributed by atoms with Crippen molar-refractivity contribution in [2.45, 2.75) is 41.5 Å². The van der Waals surface area contributed by atoms with E-state index in [1.165, 1.54) is 22.3 Å². The van der Waals surface area contributed by atoms with Crippen molar-refractivity contribution in [3.63, 3.8) is 0 Å². The van der Waals surface area contributed by atoms with Crippen LogP contribution in [-0.2, 0) is 0 Å². The van der Waals surface area contributed by atoms with E-state index in [0.29, 0.717) is 0 Å². The SMILES string of the molecule is CC=CC(C)=CC=CC(C)=CC=CC=C(C)C=CC=C(C)C=CC. The molecule has 0 heteroatoms. The number of allylic oxidation sites excluding steroid dienone is 18. The fourth-order valence-corrected chi connectivity index (χ4v) is 1.87. The zero-order chi connectivity index (χ0) is 18.2. The van der Waals surface area contributed by atoms with Crippen molar-refractivity contribution >= 4 is 0 Å². The standard InChI is InChI=1S/C24H32/c1-7-13-21(3)17-11-19-23(5)15-9-10-16-24(6)20-12-18-22(4)14-8-2/h7-20H,1-6H3. The van der Waals surface area contributed by atoms with Gasteiger partial charge in [-0.2, -0.15) is 0 Å². The van der Waals surface area contributed by atoms with E-state index < -0.39 is 0 Å². The molecule has 0 aromatic carbocycles. The molecule has 0 atom stereocenters. The van der Waals surface area contributed by atoms with Gasteiger partial charge in [0.1, 0.15) is 0 Å². The second-order valence-electron chi connectivity index (χ2n) is 5.75. The number of rotatable bonds is 8. The summed E-state index contributed by atoms with van der Waals surface area (Å²) in [7, 11) is 0. The maximum Gasteiger partial charge on any atom is -0.0398 e. The maximum atomic E-state index is 2.11. The van der Waals surface area contributed by atoms with Gasteiger partial charge in [-0.3, -0.25) is 0 Å². The molecule has 24 heavy (non-hydrogen) atoms. The first-order valence-electron chi connectivity index (χ1n) is 8.46. The molecule has 0 N–H and O–H groups in total. The third-order valence-corrected chi connectivity index (χ3v) is 3.12. The van der Waals surface area contributed by atoms with Crippen LogP contribution in [-0.4, -0.2) is 0 Å². The van der Waals surface area contributed by atoms with E-state index in [0.717, 1.165) is 0 Å². The van der Waals surface area contributed by atoms with Crippen molar-refractivity contribution in [3.8, 4) is 0 Å². The molecule has 0 rings (SSSR count). The van der Waals surface area contributed by atoms with Gasteiger partial charge in [0.15, 0.2) is 0 Å². The Morgan fingerprint density at radius 3 is 1.04 bits per heavy atom. The van der Waals surface area contributed by atoms with Crippen molar-refractivity contribution in [2.24, 2.45) is 0 Å². The summed E-state index contributed by atoms with van der Waals surface area (Å²) in [6.07, 6.45) is 29.3. The average molecular weight is 321 g/mol. The molecule has 0 fully saturated rings. The van der Waals surface area contributed by atoms with Crippen LogP contribution in [0.2, 0.25) is 0 Å². The van der Waals surface area contributed by atoms with Crippen molar-refractivity contribution < 1.29 is 0 Å². The second-order valence-corrected chi connectivity index (χ2v) is 5.75. The van der Waals surface area contributed by atoms with Gasteiger partial charge in [0.25, 0.3) is 0 Å². The molecule has 0 saturated heterocycles. The molecule has 0 nitrogen and oxygen atoms in total. The summed E-state index contributed by atoms with van der Waals surface area (Å²) in [5.74, 6) is 0. The van der Waals surface area contributed by atoms with E-state index >= 15 is 0 Å². The smallest absolute Gasteiger partial charge is 0.0398 e. The van der Waals surface area contributed by atoms with Gasteiger partial charge in [-0.05, 0) is 41.5 Å². The van der Waals surface area contributed by atoms with E-state index in [-0.39, 0.29) is 0 Å². The summed E-state index contributed by atoms with van der Waals surface area (Å²) in [6, 6.07) is 0. The predicted molar refractivity (Wildman–Crippen MR) is 112 cm³/mol. The third kappa shape index (κ3) is 13.3. The zero-order valence-electron chi connectivity index (χ0n) is 16.1. The molecule has 0 aliphatic carbocycles. The molecule has 0 aromatic heterocycles. The van der Waals surface area contributed by atoms with Gasteiger partial charge in [0, 0.05) is 0 Å². The first kappa shape index (κ1) is 21.7. The van der Waals surface area contributed by atoms with Gasteiger partial charge in [0.05, 0.1) is 0 Å². The fourth-order valence-electron chi connectivity index (χ4n) is 1.87. The summed E-state index contributed by atoms with van der Waals surface area (Å²) in [5.41, 5.74) is 4.95. The van der Waals surface area contributed by atoms with E-state index in [2.05, 4.69) is 101 Å². The Bertz CT molecular complexity index is 565. The average Bonchev–Trinajstić information content (AvgIpc) is 2.52. The topological polar surface area (TPSA) is 0 Å². The summed E-state index contributed by atoms with van der Waals surface area (Å²) in [4.78, 5) is 0. The summed E-state index contributed by atoms with van der Waals surface area (Å²) < 4.78 is 0. The van der Waals surface area contributed by atoms with Crippen molar-refractivity contribution in [3.05, 3.63) is 107 Å². The molecular weight excluding hydrogens is 288 g/mol. The maximum absolute atomic E-state index is 2.11. The Morgan fingerprint density at radius 1 is 0.417 bits per heavy atom. The molecule has 0 aliphatic heterocycles. The Balaban J connectivity index is 4.57. The van der Waals surface area contributed by atoms with Gasteiger partial charge in [-0.1, -0.05) is 107 Å². The van der Waals surface area contributed by atoms with Crippen LogP contribution in [0, 0.1) is 0 Å².